The van der Waals surface area contributed by atoms with E-state index in [0.717, 1.165) is 25.4 Å². The van der Waals surface area contributed by atoms with Crippen LogP contribution in [-0.2, 0) is 24.5 Å². The lowest BCUT2D eigenvalue weighted by molar-refractivity contribution is 0.105. The fourth-order valence-electron chi connectivity index (χ4n) is 3.06. The normalized spacial score (nSPS) is 11.1. The van der Waals surface area contributed by atoms with Crippen LogP contribution in [0.1, 0.15) is 18.1 Å². The van der Waals surface area contributed by atoms with Gasteiger partial charge in [0.25, 0.3) is 0 Å². The van der Waals surface area contributed by atoms with Crippen molar-refractivity contribution in [2.24, 2.45) is 0 Å². The summed E-state index contributed by atoms with van der Waals surface area (Å²) in [6.45, 7) is 6.00. The summed E-state index contributed by atoms with van der Waals surface area (Å²) in [5.74, 6) is 0.884. The van der Waals surface area contributed by atoms with Crippen molar-refractivity contribution in [3.05, 3.63) is 78.0 Å². The smallest absolute Gasteiger partial charge is 0.119 e. The van der Waals surface area contributed by atoms with Crippen molar-refractivity contribution in [2.45, 2.75) is 26.7 Å². The van der Waals surface area contributed by atoms with Crippen molar-refractivity contribution in [3.63, 3.8) is 0 Å². The van der Waals surface area contributed by atoms with E-state index in [2.05, 4.69) is 67.0 Å². The van der Waals surface area contributed by atoms with E-state index in [9.17, 15) is 0 Å². The maximum absolute atomic E-state index is 5.90. The molecule has 0 unspecified atom stereocenters. The molecule has 0 aliphatic carbocycles. The Morgan fingerprint density at radius 3 is 2.32 bits per heavy atom. The fourth-order valence-corrected chi connectivity index (χ4v) is 3.06. The number of ether oxygens (including phenoxy) is 2. The zero-order chi connectivity index (χ0) is 19.8. The second-order valence-electron chi connectivity index (χ2n) is 7.17. The number of nitrogens with zero attached hydrogens (tertiary/aromatic N) is 2. The number of likely N-dealkylation sites (N-methyl/N-ethyl adjacent to an activating group) is 1. The molecule has 0 aliphatic heterocycles. The molecule has 0 spiro atoms. The lowest BCUT2D eigenvalue weighted by atomic mass is 10.1. The van der Waals surface area contributed by atoms with Crippen LogP contribution in [0, 0.1) is 0 Å². The topological polar surface area (TPSA) is 26.6 Å². The van der Waals surface area contributed by atoms with E-state index in [-0.39, 0.29) is 0 Å². The Balaban J connectivity index is 1.62. The summed E-state index contributed by atoms with van der Waals surface area (Å²) in [6, 6.07) is 20.8. The van der Waals surface area contributed by atoms with E-state index < -0.39 is 0 Å². The van der Waals surface area contributed by atoms with E-state index in [0.29, 0.717) is 13.2 Å². The summed E-state index contributed by atoms with van der Waals surface area (Å²) < 4.78 is 14.0. The molecule has 0 aliphatic rings. The van der Waals surface area contributed by atoms with Crippen LogP contribution in [0.15, 0.2) is 66.9 Å². The highest BCUT2D eigenvalue weighted by molar-refractivity contribution is 5.62. The maximum Gasteiger partial charge on any atom is 0.119 e. The average Bonchev–Trinajstić information content (AvgIpc) is 3.14. The predicted molar refractivity (Wildman–Crippen MR) is 115 cm³/mol. The first-order valence-corrected chi connectivity index (χ1v) is 9.84. The molecule has 1 heterocycles. The van der Waals surface area contributed by atoms with Gasteiger partial charge in [0.15, 0.2) is 0 Å². The van der Waals surface area contributed by atoms with Gasteiger partial charge in [-0.2, -0.15) is 0 Å². The van der Waals surface area contributed by atoms with Crippen LogP contribution < -0.4 is 4.74 Å². The Hall–Kier alpha value is -2.56. The minimum atomic E-state index is 0.583. The largest absolute Gasteiger partial charge is 0.489 e. The summed E-state index contributed by atoms with van der Waals surface area (Å²) in [4.78, 5) is 2.13. The van der Waals surface area contributed by atoms with E-state index in [4.69, 9.17) is 9.47 Å². The van der Waals surface area contributed by atoms with Gasteiger partial charge in [-0.3, -0.25) is 0 Å². The molecule has 0 saturated carbocycles. The Kier molecular flexibility index (Phi) is 7.29. The van der Waals surface area contributed by atoms with Crippen molar-refractivity contribution in [1.82, 2.24) is 9.47 Å². The SMILES string of the molecule is CCn1cc(COCCN(C)C)cc1-c1ccc(OCc2ccccc2)cc1. The van der Waals surface area contributed by atoms with E-state index in [1.54, 1.807) is 0 Å². The number of hydrogen-bond acceptors (Lipinski definition) is 3. The Morgan fingerprint density at radius 1 is 0.893 bits per heavy atom. The van der Waals surface area contributed by atoms with Gasteiger partial charge < -0.3 is 18.9 Å². The molecule has 0 amide bonds. The standard InChI is InChI=1S/C24H30N2O2/c1-4-26-17-21(18-27-15-14-25(2)3)16-24(26)22-10-12-23(13-11-22)28-19-20-8-6-5-7-9-20/h5-13,16-17H,4,14-15,18-19H2,1-3H3. The number of aryl methyl sites for hydroxylation is 1. The minimum Gasteiger partial charge on any atom is -0.489 e. The second-order valence-corrected chi connectivity index (χ2v) is 7.17. The van der Waals surface area contributed by atoms with Crippen LogP contribution in [-0.4, -0.2) is 36.7 Å². The molecule has 0 fully saturated rings. The Morgan fingerprint density at radius 2 is 1.64 bits per heavy atom. The number of rotatable bonds is 10. The quantitative estimate of drug-likeness (QED) is 0.473. The van der Waals surface area contributed by atoms with Crippen molar-refractivity contribution < 1.29 is 9.47 Å². The third-order valence-electron chi connectivity index (χ3n) is 4.64. The molecule has 4 nitrogen and oxygen atoms in total. The predicted octanol–water partition coefficient (Wildman–Crippen LogP) is 4.83. The molecule has 1 aromatic heterocycles. The van der Waals surface area contributed by atoms with Gasteiger partial charge in [0.1, 0.15) is 12.4 Å². The zero-order valence-electron chi connectivity index (χ0n) is 17.1. The molecule has 0 saturated heterocycles. The van der Waals surface area contributed by atoms with Crippen molar-refractivity contribution in [2.75, 3.05) is 27.2 Å². The second kappa shape index (κ2) is 10.1. The Bertz CT molecular complexity index is 839. The van der Waals surface area contributed by atoms with E-state index >= 15 is 0 Å². The maximum atomic E-state index is 5.90. The molecule has 28 heavy (non-hydrogen) atoms. The number of hydrogen-bond donors (Lipinski definition) is 0. The van der Waals surface area contributed by atoms with Gasteiger partial charge in [-0.15, -0.1) is 0 Å². The first-order valence-electron chi connectivity index (χ1n) is 9.84. The van der Waals surface area contributed by atoms with Gasteiger partial charge in [0.2, 0.25) is 0 Å². The van der Waals surface area contributed by atoms with Gasteiger partial charge in [-0.25, -0.2) is 0 Å². The molecule has 0 bridgehead atoms. The summed E-state index contributed by atoms with van der Waals surface area (Å²) in [7, 11) is 4.12. The molecule has 4 heteroatoms. The highest BCUT2D eigenvalue weighted by atomic mass is 16.5. The van der Waals surface area contributed by atoms with Gasteiger partial charge >= 0.3 is 0 Å². The highest BCUT2D eigenvalue weighted by Gasteiger charge is 2.08. The lowest BCUT2D eigenvalue weighted by Crippen LogP contribution is -2.17. The molecular weight excluding hydrogens is 348 g/mol. The van der Waals surface area contributed by atoms with Crippen LogP contribution in [0.3, 0.4) is 0 Å². The molecule has 0 atom stereocenters. The summed E-state index contributed by atoms with van der Waals surface area (Å²) in [5.41, 5.74) is 4.78. The van der Waals surface area contributed by atoms with Crippen LogP contribution in [0.5, 0.6) is 5.75 Å². The van der Waals surface area contributed by atoms with Crippen LogP contribution in [0.2, 0.25) is 0 Å². The van der Waals surface area contributed by atoms with Crippen molar-refractivity contribution in [1.29, 1.82) is 0 Å². The molecule has 0 N–H and O–H groups in total. The Labute approximate surface area is 168 Å². The summed E-state index contributed by atoms with van der Waals surface area (Å²) in [6.07, 6.45) is 2.19. The van der Waals surface area contributed by atoms with Crippen molar-refractivity contribution >= 4 is 0 Å². The number of benzene rings is 2. The van der Waals surface area contributed by atoms with Gasteiger partial charge in [0, 0.05) is 25.0 Å². The van der Waals surface area contributed by atoms with Gasteiger partial charge in [0.05, 0.1) is 13.2 Å². The van der Waals surface area contributed by atoms with E-state index in [1.165, 1.54) is 22.4 Å². The summed E-state index contributed by atoms with van der Waals surface area (Å²) in [5, 5.41) is 0. The third-order valence-corrected chi connectivity index (χ3v) is 4.64. The van der Waals surface area contributed by atoms with Crippen LogP contribution in [0.25, 0.3) is 11.3 Å². The molecule has 148 valence electrons. The molecular formula is C24H30N2O2. The summed E-state index contributed by atoms with van der Waals surface area (Å²) >= 11 is 0. The molecule has 2 aromatic carbocycles. The highest BCUT2D eigenvalue weighted by Crippen LogP contribution is 2.25. The monoisotopic (exact) mass is 378 g/mol. The first-order chi connectivity index (χ1) is 13.7. The van der Waals surface area contributed by atoms with Gasteiger partial charge in [-0.1, -0.05) is 30.3 Å². The lowest BCUT2D eigenvalue weighted by Gasteiger charge is -2.09. The third kappa shape index (κ3) is 5.72. The molecule has 3 aromatic rings. The zero-order valence-corrected chi connectivity index (χ0v) is 17.1. The van der Waals surface area contributed by atoms with Gasteiger partial charge in [-0.05, 0) is 68.0 Å². The van der Waals surface area contributed by atoms with E-state index in [1.807, 2.05) is 30.3 Å². The van der Waals surface area contributed by atoms with Crippen LogP contribution >= 0.6 is 0 Å². The fraction of sp³-hybridized carbons (Fsp3) is 0.333. The molecule has 3 rings (SSSR count). The van der Waals surface area contributed by atoms with Crippen LogP contribution in [0.4, 0.5) is 0 Å². The molecule has 0 radical (unpaired) electrons. The average molecular weight is 379 g/mol. The minimum absolute atomic E-state index is 0.583. The first kappa shape index (κ1) is 20.2. The number of aromatic nitrogens is 1. The van der Waals surface area contributed by atoms with Crippen molar-refractivity contribution in [3.8, 4) is 17.0 Å².